The molecule has 7 rings (SSSR count). The molecule has 3 heterocycles. The molecule has 1 saturated heterocycles. The van der Waals surface area contributed by atoms with E-state index in [1.165, 1.54) is 88.6 Å². The number of esters is 4. The van der Waals surface area contributed by atoms with Crippen molar-refractivity contribution in [3.63, 3.8) is 0 Å². The Hall–Kier alpha value is -7.38. The smallest absolute Gasteiger partial charge is 0.329 e. The van der Waals surface area contributed by atoms with Crippen LogP contribution in [0, 0.1) is 23.7 Å². The van der Waals surface area contributed by atoms with E-state index in [0.29, 0.717) is 36.1 Å². The lowest BCUT2D eigenvalue weighted by Gasteiger charge is -2.35. The van der Waals surface area contributed by atoms with Crippen LogP contribution in [-0.4, -0.2) is 163 Å². The molecule has 20 heteroatoms. The van der Waals surface area contributed by atoms with Gasteiger partial charge in [0.1, 0.15) is 24.2 Å². The zero-order valence-corrected chi connectivity index (χ0v) is 55.8. The number of amides is 4. The first kappa shape index (κ1) is 70.1. The summed E-state index contributed by atoms with van der Waals surface area (Å²) >= 11 is 0. The first-order valence-electron chi connectivity index (χ1n) is 32.8. The molecular weight excluding hydrogens is 1140 g/mol. The van der Waals surface area contributed by atoms with Crippen LogP contribution in [0.15, 0.2) is 73.3 Å². The highest BCUT2D eigenvalue weighted by Gasteiger charge is 2.43. The highest BCUT2D eigenvalue weighted by Crippen LogP contribution is 2.35. The number of cyclic esters (lactones) is 4. The van der Waals surface area contributed by atoms with Crippen LogP contribution in [-0.2, 0) is 83.2 Å². The van der Waals surface area contributed by atoms with E-state index in [-0.39, 0.29) is 62.2 Å². The van der Waals surface area contributed by atoms with E-state index in [1.807, 2.05) is 126 Å². The number of benzene rings is 2. The van der Waals surface area contributed by atoms with Crippen LogP contribution < -0.4 is 0 Å². The second-order valence-electron chi connectivity index (χ2n) is 27.3. The van der Waals surface area contributed by atoms with Crippen LogP contribution in [0.4, 0.5) is 0 Å². The number of hydrogen-bond donors (Lipinski definition) is 0. The molecule has 8 atom stereocenters. The average molecular weight is 1250 g/mol. The third-order valence-electron chi connectivity index (χ3n) is 18.0. The second-order valence-corrected chi connectivity index (χ2v) is 27.3. The molecule has 492 valence electrons. The molecule has 0 radical (unpaired) electrons. The lowest BCUT2D eigenvalue weighted by molar-refractivity contribution is -0.176. The summed E-state index contributed by atoms with van der Waals surface area (Å²) in [6, 6.07) is 9.94. The van der Waals surface area contributed by atoms with Gasteiger partial charge in [-0.05, 0) is 134 Å². The maximum absolute atomic E-state index is 15.2. The molecule has 1 aliphatic heterocycles. The number of aromatic nitrogens is 4. The summed E-state index contributed by atoms with van der Waals surface area (Å²) in [5, 5.41) is 9.26. The van der Waals surface area contributed by atoms with Crippen molar-refractivity contribution >= 4 is 47.5 Å². The lowest BCUT2D eigenvalue weighted by Crippen LogP contribution is -2.55. The Morgan fingerprint density at radius 2 is 0.667 bits per heavy atom. The van der Waals surface area contributed by atoms with Crippen LogP contribution in [0.2, 0.25) is 0 Å². The number of carbonyl (C=O) groups excluding carboxylic acids is 8. The van der Waals surface area contributed by atoms with Gasteiger partial charge in [-0.2, -0.15) is 10.2 Å². The molecule has 3 fully saturated rings. The summed E-state index contributed by atoms with van der Waals surface area (Å²) in [6.45, 7) is 18.7. The lowest BCUT2D eigenvalue weighted by atomic mass is 9.99. The molecule has 0 spiro atoms. The van der Waals surface area contributed by atoms with Gasteiger partial charge in [0, 0.05) is 53.4 Å². The molecule has 2 aliphatic carbocycles. The van der Waals surface area contributed by atoms with E-state index in [9.17, 15) is 28.8 Å². The van der Waals surface area contributed by atoms with E-state index in [0.717, 1.165) is 46.6 Å². The van der Waals surface area contributed by atoms with Crippen molar-refractivity contribution in [2.24, 2.45) is 23.7 Å². The summed E-state index contributed by atoms with van der Waals surface area (Å²) in [5.41, 5.74) is 5.64. The highest BCUT2D eigenvalue weighted by atomic mass is 16.6. The fraction of sp³-hybridized carbons (Fsp3) is 0.629. The Morgan fingerprint density at radius 1 is 0.400 bits per heavy atom. The molecule has 0 N–H and O–H groups in total. The third-order valence-corrected chi connectivity index (χ3v) is 18.0. The Labute approximate surface area is 533 Å². The molecule has 0 unspecified atom stereocenters. The van der Waals surface area contributed by atoms with E-state index in [4.69, 9.17) is 18.9 Å². The summed E-state index contributed by atoms with van der Waals surface area (Å²) in [4.78, 5) is 123. The summed E-state index contributed by atoms with van der Waals surface area (Å²) < 4.78 is 28.3. The minimum atomic E-state index is -1.53. The van der Waals surface area contributed by atoms with Gasteiger partial charge in [-0.15, -0.1) is 0 Å². The minimum Gasteiger partial charge on any atom is -0.451 e. The van der Waals surface area contributed by atoms with Crippen LogP contribution in [0.5, 0.6) is 0 Å². The van der Waals surface area contributed by atoms with Gasteiger partial charge in [0.2, 0.25) is 0 Å². The molecule has 90 heavy (non-hydrogen) atoms. The first-order chi connectivity index (χ1) is 42.7. The fourth-order valence-corrected chi connectivity index (χ4v) is 12.7. The monoisotopic (exact) mass is 1240 g/mol. The molecule has 4 aromatic rings. The van der Waals surface area contributed by atoms with Gasteiger partial charge in [0.15, 0.2) is 24.4 Å². The molecule has 2 aromatic heterocycles. The van der Waals surface area contributed by atoms with Crippen LogP contribution in [0.1, 0.15) is 192 Å². The van der Waals surface area contributed by atoms with Crippen molar-refractivity contribution in [1.29, 1.82) is 0 Å². The van der Waals surface area contributed by atoms with Crippen molar-refractivity contribution in [2.75, 3.05) is 28.2 Å². The molecular formula is C70H100N8O12. The van der Waals surface area contributed by atoms with Gasteiger partial charge in [-0.3, -0.25) is 28.5 Å². The molecule has 2 saturated carbocycles. The molecule has 4 amide bonds. The normalized spacial score (nSPS) is 24.2. The number of ether oxygens (including phenoxy) is 4. The van der Waals surface area contributed by atoms with Crippen LogP contribution >= 0.6 is 0 Å². The SMILES string of the molecule is CC(C)C[C@H]1C(=O)O[C@H](Cc2ccc(Cn3cc(C4CCCC4)cn3)cc2)C(=O)N(C)[C@@H](CC(C)C)C(=O)O[C@H](C)C(=O)N(C)[C@@H](CC(C)C)C(=O)O[C@H](Cc2ccc(Cn3cc(C4CCCC4)cn3)cc2)C(=O)N(C)[C@@H](CC(C)C)C(=O)O[C@H](C)C(=O)N1C. The van der Waals surface area contributed by atoms with Crippen LogP contribution in [0.3, 0.4) is 0 Å². The van der Waals surface area contributed by atoms with Gasteiger partial charge in [-0.1, -0.05) is 130 Å². The van der Waals surface area contributed by atoms with Crippen molar-refractivity contribution in [3.05, 3.63) is 107 Å². The summed E-state index contributed by atoms with van der Waals surface area (Å²) in [7, 11) is 5.65. The topological polar surface area (TPSA) is 222 Å². The minimum absolute atomic E-state index is 0.0887. The molecule has 2 aromatic carbocycles. The van der Waals surface area contributed by atoms with Gasteiger partial charge in [0.25, 0.3) is 23.6 Å². The van der Waals surface area contributed by atoms with E-state index in [1.54, 1.807) is 0 Å². The average Bonchev–Trinajstić information content (AvgIpc) is 1.55. The fourth-order valence-electron chi connectivity index (χ4n) is 12.7. The number of carbonyl (C=O) groups is 8. The number of rotatable bonds is 18. The number of nitrogens with zero attached hydrogens (tertiary/aromatic N) is 8. The largest absolute Gasteiger partial charge is 0.451 e. The Balaban J connectivity index is 1.22. The Bertz CT molecular complexity index is 2850. The van der Waals surface area contributed by atoms with E-state index in [2.05, 4.69) is 22.6 Å². The van der Waals surface area contributed by atoms with Gasteiger partial charge in [-0.25, -0.2) is 19.2 Å². The molecule has 3 aliphatic rings. The maximum atomic E-state index is 15.2. The quantitative estimate of drug-likeness (QED) is 0.0669. The zero-order valence-electron chi connectivity index (χ0n) is 55.8. The Kier molecular flexibility index (Phi) is 25.0. The predicted molar refractivity (Wildman–Crippen MR) is 340 cm³/mol. The second kappa shape index (κ2) is 32.1. The number of hydrogen-bond acceptors (Lipinski definition) is 14. The Morgan fingerprint density at radius 3 is 0.956 bits per heavy atom. The predicted octanol–water partition coefficient (Wildman–Crippen LogP) is 9.47. The van der Waals surface area contributed by atoms with E-state index < -0.39 is 96.1 Å². The van der Waals surface area contributed by atoms with Crippen molar-refractivity contribution < 1.29 is 57.3 Å². The molecule has 0 bridgehead atoms. The maximum Gasteiger partial charge on any atom is 0.329 e. The highest BCUT2D eigenvalue weighted by molar-refractivity contribution is 5.94. The third kappa shape index (κ3) is 18.9. The molecule has 20 nitrogen and oxygen atoms in total. The van der Waals surface area contributed by atoms with Gasteiger partial charge < -0.3 is 38.5 Å². The zero-order chi connectivity index (χ0) is 65.7. The summed E-state index contributed by atoms with van der Waals surface area (Å²) in [6.07, 6.45) is 11.6. The van der Waals surface area contributed by atoms with E-state index >= 15 is 9.59 Å². The van der Waals surface area contributed by atoms with Crippen molar-refractivity contribution in [3.8, 4) is 0 Å². The van der Waals surface area contributed by atoms with Crippen molar-refractivity contribution in [1.82, 2.24) is 39.2 Å². The standard InChI is InChI=1S/C70H100N8O12/c1-43(2)31-57-67(83)87-47(9)63(79)73(11)60(34-46(7)8)70(86)90-62(36-50-25-29-52(30-26-50)40-78-42-56(38-72-78)54-21-17-18-22-54)66(82)76(14)58(32-44(3)4)68(84)88-48(10)64(80)74(12)59(33-45(5)6)69(85)89-61(65(81)75(57)13)35-49-23-27-51(28-24-49)39-77-41-55(37-71-77)53-19-15-16-20-53/h23-30,37-38,41-48,53-54,57-62H,15-22,31-36,39-40H2,1-14H3/t47-,48-,57+,58+,59+,60+,61-,62-/m1/s1. The van der Waals surface area contributed by atoms with Crippen LogP contribution in [0.25, 0.3) is 0 Å². The van der Waals surface area contributed by atoms with Gasteiger partial charge >= 0.3 is 23.9 Å². The summed E-state index contributed by atoms with van der Waals surface area (Å²) in [5.74, 6) is -6.30. The first-order valence-corrected chi connectivity index (χ1v) is 32.8. The van der Waals surface area contributed by atoms with Crippen molar-refractivity contribution in [2.45, 2.75) is 233 Å². The van der Waals surface area contributed by atoms with Gasteiger partial charge in [0.05, 0.1) is 25.5 Å². The number of likely N-dealkylation sites (N-methyl/N-ethyl adjacent to an activating group) is 4.